The average Bonchev–Trinajstić information content (AvgIpc) is 2.14. The molecule has 0 heterocycles. The van der Waals surface area contributed by atoms with Crippen LogP contribution in [0.2, 0.25) is 0 Å². The first-order valence-electron chi connectivity index (χ1n) is 3.91. The Balaban J connectivity index is 3.25. The van der Waals surface area contributed by atoms with Crippen molar-refractivity contribution < 1.29 is 27.1 Å². The normalized spacial score (nSPS) is 13.3. The molecule has 7 heteroatoms. The molecule has 0 fully saturated rings. The Bertz CT molecular complexity index is 425. The summed E-state index contributed by atoms with van der Waals surface area (Å²) in [7, 11) is 0. The van der Waals surface area contributed by atoms with Crippen molar-refractivity contribution in [2.24, 2.45) is 0 Å². The summed E-state index contributed by atoms with van der Waals surface area (Å²) in [5.41, 5.74) is -1.97. The van der Waals surface area contributed by atoms with Gasteiger partial charge in [0.2, 0.25) is 0 Å². The van der Waals surface area contributed by atoms with Crippen LogP contribution in [0.25, 0.3) is 0 Å². The van der Waals surface area contributed by atoms with Crippen molar-refractivity contribution in [3.05, 3.63) is 34.9 Å². The summed E-state index contributed by atoms with van der Waals surface area (Å²) < 4.78 is 61.9. The zero-order chi connectivity index (χ0) is 12.5. The summed E-state index contributed by atoms with van der Waals surface area (Å²) in [6.45, 7) is 0. The molecule has 1 unspecified atom stereocenters. The van der Waals surface area contributed by atoms with Crippen molar-refractivity contribution in [2.75, 3.05) is 0 Å². The Morgan fingerprint density at radius 3 is 1.94 bits per heavy atom. The molecule has 1 atom stereocenters. The summed E-state index contributed by atoms with van der Waals surface area (Å²) in [6.07, 6.45) is -8.00. The molecule has 0 saturated carbocycles. The second-order valence-corrected chi connectivity index (χ2v) is 2.92. The van der Waals surface area contributed by atoms with Crippen LogP contribution in [0, 0.1) is 23.0 Å². The van der Waals surface area contributed by atoms with Gasteiger partial charge in [-0.05, 0) is 17.7 Å². The van der Waals surface area contributed by atoms with E-state index in [-0.39, 0.29) is 12.1 Å². The molecule has 1 aromatic rings. The van der Waals surface area contributed by atoms with E-state index in [1.807, 2.05) is 0 Å². The lowest BCUT2D eigenvalue weighted by Crippen LogP contribution is -2.20. The van der Waals surface area contributed by atoms with E-state index in [1.165, 1.54) is 0 Å². The van der Waals surface area contributed by atoms with E-state index in [0.717, 1.165) is 6.07 Å². The van der Waals surface area contributed by atoms with Gasteiger partial charge in [-0.3, -0.25) is 0 Å². The maximum atomic E-state index is 12.9. The lowest BCUT2D eigenvalue weighted by Gasteiger charge is -2.15. The highest BCUT2D eigenvalue weighted by Crippen LogP contribution is 2.33. The third kappa shape index (κ3) is 2.28. The molecule has 0 aromatic heterocycles. The lowest BCUT2D eigenvalue weighted by atomic mass is 10.1. The molecule has 1 aromatic carbocycles. The maximum absolute atomic E-state index is 12.9. The molecule has 2 nitrogen and oxygen atoms in total. The van der Waals surface area contributed by atoms with Gasteiger partial charge in [-0.15, -0.1) is 0 Å². The van der Waals surface area contributed by atoms with Gasteiger partial charge in [-0.1, -0.05) is 0 Å². The number of nitrogens with zero attached hydrogens (tertiary/aromatic N) is 1. The molecule has 0 spiro atoms. The molecule has 0 aliphatic rings. The standard InChI is InChI=1S/C9H4F5NO/c10-6-1-4(8(16)9(12,13)14)2-7(11)5(6)3-15/h1-2,8,16H. The van der Waals surface area contributed by atoms with Gasteiger partial charge in [0.05, 0.1) is 0 Å². The highest BCUT2D eigenvalue weighted by molar-refractivity contribution is 5.36. The first-order valence-corrected chi connectivity index (χ1v) is 3.91. The van der Waals surface area contributed by atoms with E-state index < -0.39 is 35.0 Å². The van der Waals surface area contributed by atoms with Gasteiger partial charge in [0, 0.05) is 0 Å². The number of hydrogen-bond donors (Lipinski definition) is 1. The molecular weight excluding hydrogens is 233 g/mol. The first kappa shape index (κ1) is 12.4. The Kier molecular flexibility index (Phi) is 3.14. The fourth-order valence-electron chi connectivity index (χ4n) is 1.05. The largest absolute Gasteiger partial charge is 0.418 e. The molecule has 0 amide bonds. The van der Waals surface area contributed by atoms with Gasteiger partial charge in [0.1, 0.15) is 23.3 Å². The predicted octanol–water partition coefficient (Wildman–Crippen LogP) is 2.43. The minimum Gasteiger partial charge on any atom is -0.379 e. The SMILES string of the molecule is N#Cc1c(F)cc(C(O)C(F)(F)F)cc1F. The number of aliphatic hydroxyl groups is 1. The summed E-state index contributed by atoms with van der Waals surface area (Å²) in [5, 5.41) is 17.0. The molecule has 0 bridgehead atoms. The number of aliphatic hydroxyl groups excluding tert-OH is 1. The van der Waals surface area contributed by atoms with Gasteiger partial charge in [0.15, 0.2) is 6.10 Å². The fourth-order valence-corrected chi connectivity index (χ4v) is 1.05. The van der Waals surface area contributed by atoms with Gasteiger partial charge < -0.3 is 5.11 Å². The Hall–Kier alpha value is -1.68. The van der Waals surface area contributed by atoms with Crippen LogP contribution < -0.4 is 0 Å². The van der Waals surface area contributed by atoms with E-state index in [2.05, 4.69) is 0 Å². The fraction of sp³-hybridized carbons (Fsp3) is 0.222. The van der Waals surface area contributed by atoms with E-state index in [0.29, 0.717) is 0 Å². The van der Waals surface area contributed by atoms with Gasteiger partial charge in [-0.25, -0.2) is 8.78 Å². The van der Waals surface area contributed by atoms with Gasteiger partial charge in [0.25, 0.3) is 0 Å². The maximum Gasteiger partial charge on any atom is 0.418 e. The van der Waals surface area contributed by atoms with E-state index >= 15 is 0 Å². The summed E-state index contributed by atoms with van der Waals surface area (Å²) in [6, 6.07) is 1.71. The Morgan fingerprint density at radius 1 is 1.19 bits per heavy atom. The molecular formula is C9H4F5NO. The highest BCUT2D eigenvalue weighted by Gasteiger charge is 2.40. The van der Waals surface area contributed by atoms with Crippen molar-refractivity contribution >= 4 is 0 Å². The topological polar surface area (TPSA) is 44.0 Å². The van der Waals surface area contributed by atoms with Crippen LogP contribution in [-0.4, -0.2) is 11.3 Å². The molecule has 0 aliphatic heterocycles. The molecule has 16 heavy (non-hydrogen) atoms. The highest BCUT2D eigenvalue weighted by atomic mass is 19.4. The summed E-state index contributed by atoms with van der Waals surface area (Å²) in [5.74, 6) is -2.89. The second-order valence-electron chi connectivity index (χ2n) is 2.92. The zero-order valence-corrected chi connectivity index (χ0v) is 7.52. The number of benzene rings is 1. The van der Waals surface area contributed by atoms with Gasteiger partial charge >= 0.3 is 6.18 Å². The average molecular weight is 237 g/mol. The zero-order valence-electron chi connectivity index (χ0n) is 7.52. The molecule has 86 valence electrons. The monoisotopic (exact) mass is 237 g/mol. The molecule has 0 radical (unpaired) electrons. The quantitative estimate of drug-likeness (QED) is 0.762. The van der Waals surface area contributed by atoms with Crippen LogP contribution in [-0.2, 0) is 0 Å². The van der Waals surface area contributed by atoms with Crippen LogP contribution in [0.4, 0.5) is 22.0 Å². The van der Waals surface area contributed by atoms with Crippen LogP contribution in [0.5, 0.6) is 0 Å². The molecule has 0 aliphatic carbocycles. The Morgan fingerprint density at radius 2 is 1.62 bits per heavy atom. The minimum atomic E-state index is -5.02. The molecule has 1 rings (SSSR count). The van der Waals surface area contributed by atoms with E-state index in [1.54, 1.807) is 0 Å². The van der Waals surface area contributed by atoms with Crippen LogP contribution in [0.15, 0.2) is 12.1 Å². The molecule has 1 N–H and O–H groups in total. The predicted molar refractivity (Wildman–Crippen MR) is 42.1 cm³/mol. The van der Waals surface area contributed by atoms with Crippen molar-refractivity contribution in [2.45, 2.75) is 12.3 Å². The number of rotatable bonds is 1. The number of alkyl halides is 3. The van der Waals surface area contributed by atoms with Crippen LogP contribution >= 0.6 is 0 Å². The number of hydrogen-bond acceptors (Lipinski definition) is 2. The Labute approximate surface area is 86.5 Å². The van der Waals surface area contributed by atoms with Crippen LogP contribution in [0.3, 0.4) is 0 Å². The van der Waals surface area contributed by atoms with Crippen LogP contribution in [0.1, 0.15) is 17.2 Å². The number of nitriles is 1. The van der Waals surface area contributed by atoms with E-state index in [4.69, 9.17) is 10.4 Å². The second kappa shape index (κ2) is 4.06. The van der Waals surface area contributed by atoms with E-state index in [9.17, 15) is 22.0 Å². The lowest BCUT2D eigenvalue weighted by molar-refractivity contribution is -0.206. The first-order chi connectivity index (χ1) is 7.27. The third-order valence-corrected chi connectivity index (χ3v) is 1.80. The van der Waals surface area contributed by atoms with Crippen molar-refractivity contribution in [1.82, 2.24) is 0 Å². The molecule has 0 saturated heterocycles. The summed E-state index contributed by atoms with van der Waals surface area (Å²) >= 11 is 0. The van der Waals surface area contributed by atoms with Crippen molar-refractivity contribution in [3.63, 3.8) is 0 Å². The van der Waals surface area contributed by atoms with Crippen molar-refractivity contribution in [1.29, 1.82) is 5.26 Å². The third-order valence-electron chi connectivity index (χ3n) is 1.80. The minimum absolute atomic E-state index is 0.278. The smallest absolute Gasteiger partial charge is 0.379 e. The summed E-state index contributed by atoms with van der Waals surface area (Å²) in [4.78, 5) is 0. The number of halogens is 5. The van der Waals surface area contributed by atoms with Gasteiger partial charge in [-0.2, -0.15) is 18.4 Å². The van der Waals surface area contributed by atoms with Crippen molar-refractivity contribution in [3.8, 4) is 6.07 Å².